The molecule has 0 atom stereocenters. The molecule has 36 heavy (non-hydrogen) atoms. The van der Waals surface area contributed by atoms with Gasteiger partial charge in [-0.2, -0.15) is 0 Å². The smallest absolute Gasteiger partial charge is 0.335 e. The SMILES string of the molecule is Cc1ccc(NC(=O)COc2ccc(/C=C3\C(=O)NC(=O)N(c4ccc(O)cc4)C3=O)cc2Cl)cc1. The Morgan fingerprint density at radius 1 is 1.06 bits per heavy atom. The van der Waals surface area contributed by atoms with E-state index >= 15 is 0 Å². The van der Waals surface area contributed by atoms with Gasteiger partial charge >= 0.3 is 6.03 Å². The maximum atomic E-state index is 12.9. The number of nitrogens with one attached hydrogen (secondary N) is 2. The van der Waals surface area contributed by atoms with Crippen LogP contribution in [0.4, 0.5) is 16.2 Å². The summed E-state index contributed by atoms with van der Waals surface area (Å²) in [4.78, 5) is 50.5. The van der Waals surface area contributed by atoms with Crippen LogP contribution >= 0.6 is 11.6 Å². The number of hydrogen-bond acceptors (Lipinski definition) is 6. The van der Waals surface area contributed by atoms with E-state index in [9.17, 15) is 24.3 Å². The molecular formula is C26H20ClN3O6. The fourth-order valence-corrected chi connectivity index (χ4v) is 3.61. The highest BCUT2D eigenvalue weighted by Gasteiger charge is 2.36. The van der Waals surface area contributed by atoms with Crippen molar-refractivity contribution in [2.75, 3.05) is 16.8 Å². The Balaban J connectivity index is 1.47. The van der Waals surface area contributed by atoms with Gasteiger partial charge in [0.15, 0.2) is 6.61 Å². The number of carbonyl (C=O) groups is 4. The second-order valence-electron chi connectivity index (χ2n) is 7.87. The highest BCUT2D eigenvalue weighted by atomic mass is 35.5. The topological polar surface area (TPSA) is 125 Å². The highest BCUT2D eigenvalue weighted by Crippen LogP contribution is 2.28. The Hall–Kier alpha value is -4.63. The number of nitrogens with zero attached hydrogens (tertiary/aromatic N) is 1. The summed E-state index contributed by atoms with van der Waals surface area (Å²) in [5.41, 5.74) is 2.00. The number of amides is 5. The zero-order valence-electron chi connectivity index (χ0n) is 18.9. The minimum Gasteiger partial charge on any atom is -0.508 e. The molecule has 0 aromatic heterocycles. The van der Waals surface area contributed by atoms with Crippen molar-refractivity contribution in [3.63, 3.8) is 0 Å². The standard InChI is InChI=1S/C26H20ClN3O6/c1-15-2-5-17(6-3-15)28-23(32)14-36-22-11-4-16(13-21(22)27)12-20-24(33)29-26(35)30(25(20)34)18-7-9-19(31)10-8-18/h2-13,31H,14H2,1H3,(H,28,32)(H,29,33,35)/b20-12+. The summed E-state index contributed by atoms with van der Waals surface area (Å²) in [7, 11) is 0. The van der Waals surface area contributed by atoms with Crippen LogP contribution < -0.4 is 20.3 Å². The maximum Gasteiger partial charge on any atom is 0.335 e. The van der Waals surface area contributed by atoms with Crippen molar-refractivity contribution < 1.29 is 29.0 Å². The number of ether oxygens (including phenoxy) is 1. The molecule has 1 saturated heterocycles. The van der Waals surface area contributed by atoms with E-state index in [0.29, 0.717) is 11.3 Å². The molecule has 0 radical (unpaired) electrons. The van der Waals surface area contributed by atoms with Gasteiger partial charge in [0.25, 0.3) is 17.7 Å². The monoisotopic (exact) mass is 505 g/mol. The van der Waals surface area contributed by atoms with Crippen molar-refractivity contribution in [3.05, 3.63) is 88.5 Å². The number of hydrogen-bond donors (Lipinski definition) is 3. The number of carbonyl (C=O) groups excluding carboxylic acids is 4. The van der Waals surface area contributed by atoms with Crippen LogP contribution in [0.25, 0.3) is 6.08 Å². The van der Waals surface area contributed by atoms with E-state index in [4.69, 9.17) is 16.3 Å². The quantitative estimate of drug-likeness (QED) is 0.343. The van der Waals surface area contributed by atoms with Crippen LogP contribution in [0.5, 0.6) is 11.5 Å². The normalized spacial score (nSPS) is 14.6. The highest BCUT2D eigenvalue weighted by molar-refractivity contribution is 6.39. The van der Waals surface area contributed by atoms with Crippen LogP contribution in [-0.4, -0.2) is 35.5 Å². The first-order valence-corrected chi connectivity index (χ1v) is 11.1. The fraction of sp³-hybridized carbons (Fsp3) is 0.0769. The molecular weight excluding hydrogens is 486 g/mol. The molecule has 1 aliphatic heterocycles. The second-order valence-corrected chi connectivity index (χ2v) is 8.27. The van der Waals surface area contributed by atoms with Gasteiger partial charge in [0.05, 0.1) is 10.7 Å². The number of aromatic hydroxyl groups is 1. The number of barbiturate groups is 1. The summed E-state index contributed by atoms with van der Waals surface area (Å²) in [5, 5.41) is 14.4. The van der Waals surface area contributed by atoms with Gasteiger partial charge in [0.1, 0.15) is 17.1 Å². The lowest BCUT2D eigenvalue weighted by molar-refractivity contribution is -0.122. The second kappa shape index (κ2) is 10.3. The van der Waals surface area contributed by atoms with Gasteiger partial charge < -0.3 is 15.2 Å². The van der Waals surface area contributed by atoms with E-state index < -0.39 is 17.8 Å². The zero-order chi connectivity index (χ0) is 25.8. The molecule has 0 bridgehead atoms. The third-order valence-electron chi connectivity index (χ3n) is 5.17. The van der Waals surface area contributed by atoms with Gasteiger partial charge in [-0.05, 0) is 67.1 Å². The number of halogens is 1. The summed E-state index contributed by atoms with van der Waals surface area (Å²) in [6, 6.07) is 16.3. The Kier molecular flexibility index (Phi) is 7.03. The van der Waals surface area contributed by atoms with E-state index in [1.54, 1.807) is 18.2 Å². The first-order chi connectivity index (χ1) is 17.2. The first-order valence-electron chi connectivity index (χ1n) is 10.7. The third kappa shape index (κ3) is 5.53. The lowest BCUT2D eigenvalue weighted by Gasteiger charge is -2.26. The molecule has 3 N–H and O–H groups in total. The Labute approximate surface area is 210 Å². The molecule has 1 fully saturated rings. The maximum absolute atomic E-state index is 12.9. The lowest BCUT2D eigenvalue weighted by atomic mass is 10.1. The molecule has 3 aromatic rings. The number of urea groups is 1. The van der Waals surface area contributed by atoms with Crippen LogP contribution in [0.2, 0.25) is 5.02 Å². The number of imide groups is 2. The number of aryl methyl sites for hydroxylation is 1. The van der Waals surface area contributed by atoms with Crippen molar-refractivity contribution in [2.45, 2.75) is 6.92 Å². The van der Waals surface area contributed by atoms with Crippen molar-refractivity contribution in [1.29, 1.82) is 0 Å². The van der Waals surface area contributed by atoms with Gasteiger partial charge in [-0.1, -0.05) is 35.4 Å². The molecule has 0 unspecified atom stereocenters. The predicted molar refractivity (Wildman–Crippen MR) is 134 cm³/mol. The van der Waals surface area contributed by atoms with Crippen molar-refractivity contribution >= 4 is 52.8 Å². The summed E-state index contributed by atoms with van der Waals surface area (Å²) in [5.74, 6) is -1.87. The van der Waals surface area contributed by atoms with Crippen molar-refractivity contribution in [3.8, 4) is 11.5 Å². The molecule has 182 valence electrons. The molecule has 0 spiro atoms. The molecule has 9 nitrogen and oxygen atoms in total. The molecule has 4 rings (SSSR count). The van der Waals surface area contributed by atoms with Crippen LogP contribution in [0, 0.1) is 6.92 Å². The summed E-state index contributed by atoms with van der Waals surface area (Å²) in [6.07, 6.45) is 1.29. The Morgan fingerprint density at radius 3 is 2.42 bits per heavy atom. The van der Waals surface area contributed by atoms with Crippen LogP contribution in [0.3, 0.4) is 0 Å². The minimum absolute atomic E-state index is 0.0416. The average Bonchev–Trinajstić information content (AvgIpc) is 2.84. The molecule has 1 heterocycles. The first kappa shape index (κ1) is 24.5. The lowest BCUT2D eigenvalue weighted by Crippen LogP contribution is -2.54. The van der Waals surface area contributed by atoms with Gasteiger partial charge in [-0.15, -0.1) is 0 Å². The van der Waals surface area contributed by atoms with Crippen molar-refractivity contribution in [1.82, 2.24) is 5.32 Å². The van der Waals surface area contributed by atoms with Gasteiger partial charge in [-0.25, -0.2) is 9.69 Å². The predicted octanol–water partition coefficient (Wildman–Crippen LogP) is 4.04. The average molecular weight is 506 g/mol. The largest absolute Gasteiger partial charge is 0.508 e. The van der Waals surface area contributed by atoms with Crippen LogP contribution in [0.15, 0.2) is 72.3 Å². The van der Waals surface area contributed by atoms with Gasteiger partial charge in [-0.3, -0.25) is 19.7 Å². The van der Waals surface area contributed by atoms with E-state index in [-0.39, 0.29) is 40.3 Å². The van der Waals surface area contributed by atoms with E-state index in [0.717, 1.165) is 10.5 Å². The minimum atomic E-state index is -0.904. The van der Waals surface area contributed by atoms with Crippen LogP contribution in [0.1, 0.15) is 11.1 Å². The molecule has 0 saturated carbocycles. The number of phenolic OH excluding ortho intramolecular Hbond substituents is 1. The summed E-state index contributed by atoms with van der Waals surface area (Å²) < 4.78 is 5.50. The number of anilines is 2. The van der Waals surface area contributed by atoms with E-state index in [1.165, 1.54) is 42.5 Å². The summed E-state index contributed by atoms with van der Waals surface area (Å²) >= 11 is 6.28. The number of phenols is 1. The number of rotatable bonds is 6. The molecule has 1 aliphatic rings. The fourth-order valence-electron chi connectivity index (χ4n) is 3.36. The van der Waals surface area contributed by atoms with Crippen molar-refractivity contribution in [2.24, 2.45) is 0 Å². The van der Waals surface area contributed by atoms with Gasteiger partial charge in [0, 0.05) is 5.69 Å². The third-order valence-corrected chi connectivity index (χ3v) is 5.47. The zero-order valence-corrected chi connectivity index (χ0v) is 19.7. The Morgan fingerprint density at radius 2 is 1.75 bits per heavy atom. The Bertz CT molecular complexity index is 1380. The molecule has 3 aromatic carbocycles. The molecule has 10 heteroatoms. The molecule has 0 aliphatic carbocycles. The van der Waals surface area contributed by atoms with E-state index in [2.05, 4.69) is 10.6 Å². The van der Waals surface area contributed by atoms with Gasteiger partial charge in [0.2, 0.25) is 0 Å². The molecule has 5 amide bonds. The number of benzene rings is 3. The van der Waals surface area contributed by atoms with E-state index in [1.807, 2.05) is 19.1 Å². The summed E-state index contributed by atoms with van der Waals surface area (Å²) in [6.45, 7) is 1.66. The van der Waals surface area contributed by atoms with Crippen LogP contribution in [-0.2, 0) is 14.4 Å².